The van der Waals surface area contributed by atoms with Gasteiger partial charge >= 0.3 is 5.63 Å². The van der Waals surface area contributed by atoms with Crippen molar-refractivity contribution in [2.75, 3.05) is 0 Å². The van der Waals surface area contributed by atoms with E-state index in [1.165, 1.54) is 18.2 Å². The van der Waals surface area contributed by atoms with Crippen LogP contribution in [0.3, 0.4) is 0 Å². The number of allylic oxidation sites excluding steroid dienone is 1. The van der Waals surface area contributed by atoms with Gasteiger partial charge in [-0.05, 0) is 30.2 Å². The third-order valence-corrected chi connectivity index (χ3v) is 3.87. The minimum Gasteiger partial charge on any atom is -0.508 e. The van der Waals surface area contributed by atoms with Gasteiger partial charge in [0.25, 0.3) is 0 Å². The molecule has 4 aromatic rings. The maximum Gasteiger partial charge on any atom is 0.348 e. The molecule has 2 aromatic carbocycles. The molecule has 0 aliphatic carbocycles. The fourth-order valence-electron chi connectivity index (χ4n) is 2.82. The van der Waals surface area contributed by atoms with Crippen LogP contribution in [0.25, 0.3) is 32.9 Å². The molecule has 5 heteroatoms. The van der Waals surface area contributed by atoms with Crippen LogP contribution in [-0.4, -0.2) is 10.2 Å². The number of benzene rings is 2. The van der Waals surface area contributed by atoms with E-state index in [1.54, 1.807) is 18.2 Å². The van der Waals surface area contributed by atoms with Crippen molar-refractivity contribution >= 4 is 32.9 Å². The van der Waals surface area contributed by atoms with Crippen LogP contribution >= 0.6 is 0 Å². The third kappa shape index (κ3) is 1.90. The summed E-state index contributed by atoms with van der Waals surface area (Å²) in [5.74, 6) is 0.0869. The van der Waals surface area contributed by atoms with Crippen molar-refractivity contribution in [2.24, 2.45) is 0 Å². The van der Waals surface area contributed by atoms with Gasteiger partial charge in [-0.15, -0.1) is 6.58 Å². The SMILES string of the molecule is C=CCc1cc2c(cc1O)oc(=O)c1c3ccc(O)cc3oc21. The highest BCUT2D eigenvalue weighted by Gasteiger charge is 2.17. The van der Waals surface area contributed by atoms with E-state index in [4.69, 9.17) is 8.83 Å². The summed E-state index contributed by atoms with van der Waals surface area (Å²) in [6, 6.07) is 7.68. The molecule has 0 bridgehead atoms. The second-order valence-corrected chi connectivity index (χ2v) is 5.35. The van der Waals surface area contributed by atoms with E-state index in [1.807, 2.05) is 0 Å². The van der Waals surface area contributed by atoms with Gasteiger partial charge in [-0.2, -0.15) is 0 Å². The Morgan fingerprint density at radius 3 is 2.61 bits per heavy atom. The van der Waals surface area contributed by atoms with E-state index in [-0.39, 0.29) is 17.1 Å². The first-order chi connectivity index (χ1) is 11.1. The minimum atomic E-state index is -0.548. The molecular weight excluding hydrogens is 296 g/mol. The summed E-state index contributed by atoms with van der Waals surface area (Å²) in [5, 5.41) is 21.1. The lowest BCUT2D eigenvalue weighted by atomic mass is 10.1. The Labute approximate surface area is 129 Å². The van der Waals surface area contributed by atoms with Crippen LogP contribution < -0.4 is 5.63 Å². The van der Waals surface area contributed by atoms with E-state index in [9.17, 15) is 15.0 Å². The minimum absolute atomic E-state index is 0.0358. The smallest absolute Gasteiger partial charge is 0.348 e. The molecule has 0 amide bonds. The van der Waals surface area contributed by atoms with Crippen molar-refractivity contribution in [1.82, 2.24) is 0 Å². The zero-order valence-corrected chi connectivity index (χ0v) is 12.0. The highest BCUT2D eigenvalue weighted by atomic mass is 16.4. The molecule has 4 rings (SSSR count). The number of hydrogen-bond donors (Lipinski definition) is 2. The van der Waals surface area contributed by atoms with Crippen LogP contribution in [0.2, 0.25) is 0 Å². The molecule has 0 fully saturated rings. The number of aromatic hydroxyl groups is 2. The summed E-state index contributed by atoms with van der Waals surface area (Å²) < 4.78 is 11.1. The van der Waals surface area contributed by atoms with E-state index >= 15 is 0 Å². The van der Waals surface area contributed by atoms with Gasteiger partial charge in [-0.3, -0.25) is 0 Å². The summed E-state index contributed by atoms with van der Waals surface area (Å²) in [6.45, 7) is 3.66. The first-order valence-electron chi connectivity index (χ1n) is 7.03. The van der Waals surface area contributed by atoms with E-state index in [0.717, 1.165) is 0 Å². The van der Waals surface area contributed by atoms with Gasteiger partial charge in [-0.1, -0.05) is 6.08 Å². The fourth-order valence-corrected chi connectivity index (χ4v) is 2.82. The molecule has 0 aliphatic heterocycles. The molecule has 0 saturated carbocycles. The van der Waals surface area contributed by atoms with Gasteiger partial charge < -0.3 is 19.0 Å². The number of hydrogen-bond acceptors (Lipinski definition) is 5. The Kier molecular flexibility index (Phi) is 2.72. The lowest BCUT2D eigenvalue weighted by molar-refractivity contribution is 0.468. The normalized spacial score (nSPS) is 11.5. The Morgan fingerprint density at radius 1 is 1.04 bits per heavy atom. The summed E-state index contributed by atoms with van der Waals surface area (Å²) in [7, 11) is 0. The van der Waals surface area contributed by atoms with Crippen LogP contribution in [0.5, 0.6) is 11.5 Å². The van der Waals surface area contributed by atoms with Crippen LogP contribution in [-0.2, 0) is 6.42 Å². The molecule has 0 radical (unpaired) electrons. The van der Waals surface area contributed by atoms with Crippen molar-refractivity contribution in [3.63, 3.8) is 0 Å². The van der Waals surface area contributed by atoms with Gasteiger partial charge in [0.15, 0.2) is 5.58 Å². The van der Waals surface area contributed by atoms with Crippen LogP contribution in [0.4, 0.5) is 0 Å². The number of phenols is 2. The lowest BCUT2D eigenvalue weighted by Crippen LogP contribution is -1.98. The maximum atomic E-state index is 12.3. The quantitative estimate of drug-likeness (QED) is 0.434. The predicted molar refractivity (Wildman–Crippen MR) is 87.0 cm³/mol. The molecule has 0 saturated heterocycles. The van der Waals surface area contributed by atoms with Crippen LogP contribution in [0.1, 0.15) is 5.56 Å². The zero-order chi connectivity index (χ0) is 16.1. The van der Waals surface area contributed by atoms with E-state index in [0.29, 0.717) is 39.3 Å². The molecule has 0 aliphatic rings. The molecule has 2 N–H and O–H groups in total. The van der Waals surface area contributed by atoms with Crippen LogP contribution in [0, 0.1) is 0 Å². The number of fused-ring (bicyclic) bond motifs is 5. The van der Waals surface area contributed by atoms with Crippen molar-refractivity contribution in [2.45, 2.75) is 6.42 Å². The summed E-state index contributed by atoms with van der Waals surface area (Å²) in [6.07, 6.45) is 2.15. The predicted octanol–water partition coefficient (Wildman–Crippen LogP) is 3.83. The van der Waals surface area contributed by atoms with Gasteiger partial charge in [0.2, 0.25) is 0 Å². The molecule has 0 atom stereocenters. The number of rotatable bonds is 2. The summed E-state index contributed by atoms with van der Waals surface area (Å²) >= 11 is 0. The summed E-state index contributed by atoms with van der Waals surface area (Å²) in [4.78, 5) is 12.3. The van der Waals surface area contributed by atoms with E-state index < -0.39 is 5.63 Å². The molecule has 114 valence electrons. The highest BCUT2D eigenvalue weighted by molar-refractivity contribution is 6.13. The Hall–Kier alpha value is -3.21. The van der Waals surface area contributed by atoms with Crippen molar-refractivity contribution in [1.29, 1.82) is 0 Å². The largest absolute Gasteiger partial charge is 0.508 e. The standard InChI is InChI=1S/C18H12O5/c1-2-3-9-6-12-15(8-13(9)20)23-18(21)16-11-5-4-10(19)7-14(11)22-17(12)16/h2,4-8,19-20H,1,3H2. The molecular formula is C18H12O5. The Balaban J connectivity index is 2.22. The first kappa shape index (κ1) is 13.5. The Bertz CT molecular complexity index is 1150. The van der Waals surface area contributed by atoms with Crippen molar-refractivity contribution in [3.05, 3.63) is 59.0 Å². The van der Waals surface area contributed by atoms with Gasteiger partial charge in [0.05, 0.1) is 5.39 Å². The molecule has 23 heavy (non-hydrogen) atoms. The van der Waals surface area contributed by atoms with Crippen molar-refractivity contribution < 1.29 is 19.0 Å². The van der Waals surface area contributed by atoms with E-state index in [2.05, 4.69) is 6.58 Å². The highest BCUT2D eigenvalue weighted by Crippen LogP contribution is 2.35. The average Bonchev–Trinajstić information content (AvgIpc) is 2.88. The molecule has 5 nitrogen and oxygen atoms in total. The monoisotopic (exact) mass is 308 g/mol. The maximum absolute atomic E-state index is 12.3. The topological polar surface area (TPSA) is 83.8 Å². The summed E-state index contributed by atoms with van der Waals surface area (Å²) in [5.41, 5.74) is 1.13. The lowest BCUT2D eigenvalue weighted by Gasteiger charge is -2.04. The van der Waals surface area contributed by atoms with Crippen LogP contribution in [0.15, 0.2) is 56.6 Å². The van der Waals surface area contributed by atoms with Gasteiger partial charge in [0.1, 0.15) is 28.1 Å². The second-order valence-electron chi connectivity index (χ2n) is 5.35. The number of furan rings is 1. The zero-order valence-electron chi connectivity index (χ0n) is 12.0. The molecule has 2 heterocycles. The molecule has 0 spiro atoms. The number of phenolic OH excluding ortho intramolecular Hbond substituents is 2. The Morgan fingerprint density at radius 2 is 1.83 bits per heavy atom. The first-order valence-corrected chi connectivity index (χ1v) is 7.03. The molecule has 2 aromatic heterocycles. The third-order valence-electron chi connectivity index (χ3n) is 3.87. The molecule has 0 unspecified atom stereocenters. The van der Waals surface area contributed by atoms with Gasteiger partial charge in [-0.25, -0.2) is 4.79 Å². The second kappa shape index (κ2) is 4.64. The van der Waals surface area contributed by atoms with Crippen molar-refractivity contribution in [3.8, 4) is 11.5 Å². The average molecular weight is 308 g/mol. The van der Waals surface area contributed by atoms with Gasteiger partial charge in [0, 0.05) is 17.5 Å². The fraction of sp³-hybridized carbons (Fsp3) is 0.0556.